The molecule has 2 atom stereocenters. The molecule has 1 aliphatic rings. The number of primary amides is 1. The summed E-state index contributed by atoms with van der Waals surface area (Å²) in [6, 6.07) is 0.320. The number of halogens is 1. The van der Waals surface area contributed by atoms with E-state index in [0.717, 1.165) is 25.4 Å². The second-order valence-corrected chi connectivity index (χ2v) is 4.56. The number of amides is 1. The van der Waals surface area contributed by atoms with E-state index in [1.165, 1.54) is 0 Å². The molecule has 8 heteroatoms. The second kappa shape index (κ2) is 6.99. The van der Waals surface area contributed by atoms with Crippen molar-refractivity contribution >= 4 is 6.09 Å². The van der Waals surface area contributed by atoms with Gasteiger partial charge < -0.3 is 20.5 Å². The third-order valence-electron chi connectivity index (χ3n) is 3.02. The predicted octanol–water partition coefficient (Wildman–Crippen LogP) is 0.600. The zero-order chi connectivity index (χ0) is 14.4. The van der Waals surface area contributed by atoms with E-state index in [-0.39, 0.29) is 18.2 Å². The summed E-state index contributed by atoms with van der Waals surface area (Å²) in [6.07, 6.45) is 3.36. The number of nitrogens with two attached hydrogens (primary N) is 1. The zero-order valence-electron chi connectivity index (χ0n) is 10.9. The van der Waals surface area contributed by atoms with Gasteiger partial charge in [0.05, 0.1) is 19.0 Å². The molecular weight excluding hydrogens is 267 g/mol. The van der Waals surface area contributed by atoms with Crippen LogP contribution < -0.4 is 15.8 Å². The first-order chi connectivity index (χ1) is 9.63. The summed E-state index contributed by atoms with van der Waals surface area (Å²) in [7, 11) is 0. The number of hydrogen-bond donors (Lipinski definition) is 2. The first-order valence-corrected chi connectivity index (χ1v) is 6.43. The van der Waals surface area contributed by atoms with Crippen LogP contribution in [0, 0.1) is 5.82 Å². The Balaban J connectivity index is 1.70. The Morgan fingerprint density at radius 3 is 2.95 bits per heavy atom. The molecule has 1 aromatic heterocycles. The third kappa shape index (κ3) is 4.61. The van der Waals surface area contributed by atoms with Crippen molar-refractivity contribution < 1.29 is 18.7 Å². The van der Waals surface area contributed by atoms with Crippen LogP contribution in [-0.4, -0.2) is 41.4 Å². The van der Waals surface area contributed by atoms with E-state index in [0.29, 0.717) is 19.4 Å². The lowest BCUT2D eigenvalue weighted by molar-refractivity contribution is 0.0721. The van der Waals surface area contributed by atoms with E-state index in [9.17, 15) is 9.18 Å². The van der Waals surface area contributed by atoms with E-state index < -0.39 is 11.9 Å². The van der Waals surface area contributed by atoms with Crippen LogP contribution in [-0.2, 0) is 4.74 Å². The summed E-state index contributed by atoms with van der Waals surface area (Å²) < 4.78 is 22.9. The van der Waals surface area contributed by atoms with Gasteiger partial charge in [-0.1, -0.05) is 0 Å². The van der Waals surface area contributed by atoms with E-state index in [2.05, 4.69) is 15.3 Å². The zero-order valence-corrected chi connectivity index (χ0v) is 10.9. The Morgan fingerprint density at radius 1 is 1.50 bits per heavy atom. The summed E-state index contributed by atoms with van der Waals surface area (Å²) in [6.45, 7) is 1.16. The quantitative estimate of drug-likeness (QED) is 0.821. The maximum absolute atomic E-state index is 12.6. The van der Waals surface area contributed by atoms with Crippen molar-refractivity contribution in [3.05, 3.63) is 18.2 Å². The van der Waals surface area contributed by atoms with Crippen LogP contribution in [0.1, 0.15) is 19.3 Å². The highest BCUT2D eigenvalue weighted by Gasteiger charge is 2.23. The monoisotopic (exact) mass is 284 g/mol. The summed E-state index contributed by atoms with van der Waals surface area (Å²) in [5.74, 6) is -0.502. The molecule has 0 saturated carbocycles. The van der Waals surface area contributed by atoms with Crippen molar-refractivity contribution in [1.29, 1.82) is 0 Å². The molecule has 3 N–H and O–H groups in total. The lowest BCUT2D eigenvalue weighted by atomic mass is 10.00. The number of aromatic nitrogens is 2. The summed E-state index contributed by atoms with van der Waals surface area (Å²) in [4.78, 5) is 18.1. The van der Waals surface area contributed by atoms with Crippen LogP contribution in [0.25, 0.3) is 0 Å². The summed E-state index contributed by atoms with van der Waals surface area (Å²) in [5.41, 5.74) is 5.00. The first-order valence-electron chi connectivity index (χ1n) is 6.43. The molecule has 1 fully saturated rings. The normalized spacial score (nSPS) is 22.2. The summed E-state index contributed by atoms with van der Waals surface area (Å²) >= 11 is 0. The summed E-state index contributed by atoms with van der Waals surface area (Å²) in [5, 5.41) is 3.30. The van der Waals surface area contributed by atoms with E-state index in [1.807, 2.05) is 0 Å². The fourth-order valence-electron chi connectivity index (χ4n) is 2.13. The highest BCUT2D eigenvalue weighted by molar-refractivity contribution is 5.64. The molecule has 0 aromatic carbocycles. The number of nitrogens with one attached hydrogen (secondary N) is 1. The number of rotatable bonds is 5. The van der Waals surface area contributed by atoms with Crippen LogP contribution in [0.3, 0.4) is 0 Å². The minimum atomic E-state index is -0.744. The minimum Gasteiger partial charge on any atom is -0.463 e. The van der Waals surface area contributed by atoms with Gasteiger partial charge in [-0.05, 0) is 25.8 Å². The molecule has 1 aromatic rings. The molecule has 0 aliphatic carbocycles. The minimum absolute atomic E-state index is 0.146. The van der Waals surface area contributed by atoms with E-state index in [1.54, 1.807) is 0 Å². The first kappa shape index (κ1) is 14.4. The fourth-order valence-corrected chi connectivity index (χ4v) is 2.13. The molecule has 1 saturated heterocycles. The average molecular weight is 284 g/mol. The van der Waals surface area contributed by atoms with Crippen molar-refractivity contribution in [3.8, 4) is 6.01 Å². The number of ether oxygens (including phenoxy) is 2. The largest absolute Gasteiger partial charge is 0.463 e. The van der Waals surface area contributed by atoms with Gasteiger partial charge >= 0.3 is 12.1 Å². The lowest BCUT2D eigenvalue weighted by Crippen LogP contribution is -2.43. The Bertz CT molecular complexity index is 443. The van der Waals surface area contributed by atoms with Crippen LogP contribution >= 0.6 is 0 Å². The Labute approximate surface area is 115 Å². The van der Waals surface area contributed by atoms with Gasteiger partial charge in [0, 0.05) is 6.04 Å². The smallest absolute Gasteiger partial charge is 0.404 e. The molecule has 110 valence electrons. The predicted molar refractivity (Wildman–Crippen MR) is 67.6 cm³/mol. The van der Waals surface area contributed by atoms with Crippen molar-refractivity contribution in [1.82, 2.24) is 15.3 Å². The molecule has 7 nitrogen and oxygen atoms in total. The number of nitrogens with zero attached hydrogens (tertiary/aromatic N) is 2. The topological polar surface area (TPSA) is 99.4 Å². The number of carbonyl (C=O) groups is 1. The van der Waals surface area contributed by atoms with Crippen LogP contribution in [0.5, 0.6) is 6.01 Å². The fraction of sp³-hybridized carbons (Fsp3) is 0.583. The molecule has 2 unspecified atom stereocenters. The molecule has 2 rings (SSSR count). The van der Waals surface area contributed by atoms with Crippen LogP contribution in [0.4, 0.5) is 9.18 Å². The van der Waals surface area contributed by atoms with Gasteiger partial charge in [-0.3, -0.25) is 0 Å². The maximum atomic E-state index is 12.6. The van der Waals surface area contributed by atoms with Gasteiger partial charge in [-0.2, -0.15) is 0 Å². The number of hydrogen-bond acceptors (Lipinski definition) is 6. The highest BCUT2D eigenvalue weighted by Crippen LogP contribution is 2.15. The molecule has 0 bridgehead atoms. The standard InChI is InChI=1S/C12H17FN4O3/c13-8-6-16-12(17-7-8)19-4-2-9-5-10(1-3-15-9)20-11(14)18/h6-7,9-10,15H,1-5H2,(H2,14,18). The Kier molecular flexibility index (Phi) is 5.05. The van der Waals surface area contributed by atoms with E-state index in [4.69, 9.17) is 15.2 Å². The lowest BCUT2D eigenvalue weighted by Gasteiger charge is -2.29. The number of carbonyl (C=O) groups excluding carboxylic acids is 1. The van der Waals surface area contributed by atoms with Crippen LogP contribution in [0.2, 0.25) is 0 Å². The highest BCUT2D eigenvalue weighted by atomic mass is 19.1. The molecule has 20 heavy (non-hydrogen) atoms. The maximum Gasteiger partial charge on any atom is 0.404 e. The van der Waals surface area contributed by atoms with Gasteiger partial charge in [0.25, 0.3) is 0 Å². The van der Waals surface area contributed by atoms with Crippen molar-refractivity contribution in [2.45, 2.75) is 31.4 Å². The van der Waals surface area contributed by atoms with E-state index >= 15 is 0 Å². The second-order valence-electron chi connectivity index (χ2n) is 4.56. The van der Waals surface area contributed by atoms with Gasteiger partial charge in [0.1, 0.15) is 6.10 Å². The Morgan fingerprint density at radius 2 is 2.25 bits per heavy atom. The van der Waals surface area contributed by atoms with Crippen LogP contribution in [0.15, 0.2) is 12.4 Å². The third-order valence-corrected chi connectivity index (χ3v) is 3.02. The van der Waals surface area contributed by atoms with Gasteiger partial charge in [-0.15, -0.1) is 0 Å². The molecule has 2 heterocycles. The molecule has 0 spiro atoms. The average Bonchev–Trinajstić information content (AvgIpc) is 2.41. The van der Waals surface area contributed by atoms with Crippen molar-refractivity contribution in [2.24, 2.45) is 5.73 Å². The van der Waals surface area contributed by atoms with Gasteiger partial charge in [-0.25, -0.2) is 19.2 Å². The molecule has 0 radical (unpaired) electrons. The van der Waals surface area contributed by atoms with Crippen molar-refractivity contribution in [2.75, 3.05) is 13.2 Å². The molecule has 1 amide bonds. The number of piperidine rings is 1. The molecular formula is C12H17FN4O3. The van der Waals surface area contributed by atoms with Gasteiger partial charge in [0.15, 0.2) is 5.82 Å². The van der Waals surface area contributed by atoms with Crippen molar-refractivity contribution in [3.63, 3.8) is 0 Å². The molecule has 1 aliphatic heterocycles. The SMILES string of the molecule is NC(=O)OC1CCNC(CCOc2ncc(F)cn2)C1. The van der Waals surface area contributed by atoms with Gasteiger partial charge in [0.2, 0.25) is 0 Å². The Hall–Kier alpha value is -1.96.